The third kappa shape index (κ3) is 4.36. The van der Waals surface area contributed by atoms with Crippen LogP contribution in [0.4, 0.5) is 5.69 Å². The number of carbonyl (C=O) groups is 1. The van der Waals surface area contributed by atoms with E-state index in [1.165, 1.54) is 0 Å². The highest BCUT2D eigenvalue weighted by Gasteiger charge is 2.22. The Morgan fingerprint density at radius 1 is 1.33 bits per heavy atom. The molecular formula is C16H26N2O3. The molecule has 1 rings (SSSR count). The van der Waals surface area contributed by atoms with Gasteiger partial charge in [0.15, 0.2) is 0 Å². The Hall–Kier alpha value is -1.75. The number of hydrogen-bond acceptors (Lipinski definition) is 4. The molecule has 0 spiro atoms. The fraction of sp³-hybridized carbons (Fsp3) is 0.562. The average molecular weight is 294 g/mol. The van der Waals surface area contributed by atoms with Crippen molar-refractivity contribution < 1.29 is 14.6 Å². The van der Waals surface area contributed by atoms with Gasteiger partial charge in [-0.3, -0.25) is 4.79 Å². The van der Waals surface area contributed by atoms with E-state index < -0.39 is 0 Å². The van der Waals surface area contributed by atoms with Gasteiger partial charge >= 0.3 is 0 Å². The average Bonchev–Trinajstić information content (AvgIpc) is 2.49. The molecule has 0 aromatic heterocycles. The summed E-state index contributed by atoms with van der Waals surface area (Å²) in [6.07, 6.45) is 1.71. The SMILES string of the molecule is CCOc1ccc(C(=O)N(CCO)C(CC)CC)cc1N. The largest absolute Gasteiger partial charge is 0.492 e. The van der Waals surface area contributed by atoms with E-state index in [4.69, 9.17) is 10.5 Å². The topological polar surface area (TPSA) is 75.8 Å². The van der Waals surface area contributed by atoms with Crippen molar-refractivity contribution in [2.24, 2.45) is 0 Å². The zero-order valence-corrected chi connectivity index (χ0v) is 13.1. The molecule has 5 nitrogen and oxygen atoms in total. The number of amides is 1. The molecule has 21 heavy (non-hydrogen) atoms. The van der Waals surface area contributed by atoms with Crippen molar-refractivity contribution in [3.63, 3.8) is 0 Å². The van der Waals surface area contributed by atoms with E-state index in [0.29, 0.717) is 30.2 Å². The number of nitrogen functional groups attached to an aromatic ring is 1. The Balaban J connectivity index is 3.00. The van der Waals surface area contributed by atoms with Crippen LogP contribution in [0, 0.1) is 0 Å². The Bertz CT molecular complexity index is 459. The molecule has 0 unspecified atom stereocenters. The zero-order valence-electron chi connectivity index (χ0n) is 13.1. The van der Waals surface area contributed by atoms with Crippen molar-refractivity contribution in [3.05, 3.63) is 23.8 Å². The molecule has 0 atom stereocenters. The number of nitrogens with zero attached hydrogens (tertiary/aromatic N) is 1. The number of carbonyl (C=O) groups excluding carboxylic acids is 1. The molecule has 5 heteroatoms. The van der Waals surface area contributed by atoms with E-state index in [-0.39, 0.29) is 18.6 Å². The minimum atomic E-state index is -0.104. The quantitative estimate of drug-likeness (QED) is 0.721. The lowest BCUT2D eigenvalue weighted by Gasteiger charge is -2.30. The van der Waals surface area contributed by atoms with Crippen LogP contribution in [0.2, 0.25) is 0 Å². The van der Waals surface area contributed by atoms with Gasteiger partial charge in [-0.2, -0.15) is 0 Å². The second-order valence-corrected chi connectivity index (χ2v) is 4.88. The Kier molecular flexibility index (Phi) is 7.02. The van der Waals surface area contributed by atoms with Crippen molar-refractivity contribution in [1.29, 1.82) is 0 Å². The standard InChI is InChI=1S/C16H26N2O3/c1-4-13(5-2)18(9-10-19)16(20)12-7-8-15(21-6-3)14(17)11-12/h7-8,11,13,19H,4-6,9-10,17H2,1-3H3. The highest BCUT2D eigenvalue weighted by molar-refractivity contribution is 5.95. The molecule has 1 amide bonds. The van der Waals surface area contributed by atoms with Crippen molar-refractivity contribution in [3.8, 4) is 5.75 Å². The van der Waals surface area contributed by atoms with Gasteiger partial charge in [-0.15, -0.1) is 0 Å². The van der Waals surface area contributed by atoms with Crippen molar-refractivity contribution in [2.75, 3.05) is 25.5 Å². The van der Waals surface area contributed by atoms with Crippen LogP contribution in [0.1, 0.15) is 44.0 Å². The molecule has 0 aliphatic carbocycles. The van der Waals surface area contributed by atoms with Crippen LogP contribution in [-0.4, -0.2) is 41.7 Å². The molecule has 0 saturated carbocycles. The molecule has 0 fully saturated rings. The maximum Gasteiger partial charge on any atom is 0.254 e. The highest BCUT2D eigenvalue weighted by Crippen LogP contribution is 2.24. The number of rotatable bonds is 8. The van der Waals surface area contributed by atoms with Gasteiger partial charge in [-0.1, -0.05) is 13.8 Å². The minimum Gasteiger partial charge on any atom is -0.492 e. The lowest BCUT2D eigenvalue weighted by atomic mass is 10.1. The summed E-state index contributed by atoms with van der Waals surface area (Å²) in [5, 5.41) is 9.20. The van der Waals surface area contributed by atoms with E-state index in [1.807, 2.05) is 20.8 Å². The maximum absolute atomic E-state index is 12.6. The van der Waals surface area contributed by atoms with Crippen LogP contribution in [0.25, 0.3) is 0 Å². The molecule has 118 valence electrons. The normalized spacial score (nSPS) is 10.7. The Morgan fingerprint density at radius 2 is 2.00 bits per heavy atom. The van der Waals surface area contributed by atoms with Gasteiger partial charge in [-0.25, -0.2) is 0 Å². The Labute approximate surface area is 126 Å². The molecule has 3 N–H and O–H groups in total. The fourth-order valence-electron chi connectivity index (χ4n) is 2.42. The van der Waals surface area contributed by atoms with Crippen LogP contribution < -0.4 is 10.5 Å². The first-order valence-electron chi connectivity index (χ1n) is 7.53. The van der Waals surface area contributed by atoms with E-state index in [2.05, 4.69) is 0 Å². The van der Waals surface area contributed by atoms with Crippen LogP contribution in [0.3, 0.4) is 0 Å². The van der Waals surface area contributed by atoms with Crippen molar-refractivity contribution in [2.45, 2.75) is 39.7 Å². The van der Waals surface area contributed by atoms with Crippen LogP contribution >= 0.6 is 0 Å². The second kappa shape index (κ2) is 8.52. The summed E-state index contributed by atoms with van der Waals surface area (Å²) < 4.78 is 5.38. The molecule has 0 radical (unpaired) electrons. The first-order valence-corrected chi connectivity index (χ1v) is 7.53. The number of hydrogen-bond donors (Lipinski definition) is 2. The van der Waals surface area contributed by atoms with Gasteiger partial charge in [-0.05, 0) is 38.0 Å². The second-order valence-electron chi connectivity index (χ2n) is 4.88. The van der Waals surface area contributed by atoms with Gasteiger partial charge in [0, 0.05) is 18.2 Å². The van der Waals surface area contributed by atoms with E-state index in [9.17, 15) is 9.90 Å². The summed E-state index contributed by atoms with van der Waals surface area (Å²) >= 11 is 0. The highest BCUT2D eigenvalue weighted by atomic mass is 16.5. The first-order chi connectivity index (χ1) is 10.1. The number of ether oxygens (including phenoxy) is 1. The number of benzene rings is 1. The molecule has 0 heterocycles. The minimum absolute atomic E-state index is 0.0469. The number of anilines is 1. The third-order valence-corrected chi connectivity index (χ3v) is 3.54. The van der Waals surface area contributed by atoms with Gasteiger partial charge < -0.3 is 20.5 Å². The number of aliphatic hydroxyl groups excluding tert-OH is 1. The first kappa shape index (κ1) is 17.3. The van der Waals surface area contributed by atoms with Gasteiger partial charge in [0.1, 0.15) is 5.75 Å². The molecule has 1 aromatic carbocycles. The maximum atomic E-state index is 12.6. The molecule has 0 bridgehead atoms. The summed E-state index contributed by atoms with van der Waals surface area (Å²) in [4.78, 5) is 14.4. The zero-order chi connectivity index (χ0) is 15.8. The summed E-state index contributed by atoms with van der Waals surface area (Å²) in [6, 6.07) is 5.20. The van der Waals surface area contributed by atoms with E-state index in [1.54, 1.807) is 23.1 Å². The summed E-state index contributed by atoms with van der Waals surface area (Å²) in [6.45, 7) is 6.78. The molecule has 0 saturated heterocycles. The van der Waals surface area contributed by atoms with Gasteiger partial charge in [0.05, 0.1) is 18.9 Å². The molecule has 0 aliphatic heterocycles. The van der Waals surface area contributed by atoms with Crippen molar-refractivity contribution >= 4 is 11.6 Å². The lowest BCUT2D eigenvalue weighted by molar-refractivity contribution is 0.0622. The summed E-state index contributed by atoms with van der Waals surface area (Å²) in [7, 11) is 0. The Morgan fingerprint density at radius 3 is 2.48 bits per heavy atom. The lowest BCUT2D eigenvalue weighted by Crippen LogP contribution is -2.41. The third-order valence-electron chi connectivity index (χ3n) is 3.54. The van der Waals surface area contributed by atoms with E-state index in [0.717, 1.165) is 12.8 Å². The van der Waals surface area contributed by atoms with Crippen molar-refractivity contribution in [1.82, 2.24) is 4.90 Å². The fourth-order valence-corrected chi connectivity index (χ4v) is 2.42. The van der Waals surface area contributed by atoms with Gasteiger partial charge in [0.25, 0.3) is 5.91 Å². The molecular weight excluding hydrogens is 268 g/mol. The van der Waals surface area contributed by atoms with Crippen LogP contribution in [0.5, 0.6) is 5.75 Å². The smallest absolute Gasteiger partial charge is 0.254 e. The predicted octanol–water partition coefficient (Wildman–Crippen LogP) is 2.29. The summed E-state index contributed by atoms with van der Waals surface area (Å²) in [5.41, 5.74) is 6.89. The van der Waals surface area contributed by atoms with Crippen LogP contribution in [0.15, 0.2) is 18.2 Å². The monoisotopic (exact) mass is 294 g/mol. The van der Waals surface area contributed by atoms with Gasteiger partial charge in [0.2, 0.25) is 0 Å². The number of aliphatic hydroxyl groups is 1. The predicted molar refractivity (Wildman–Crippen MR) is 84.5 cm³/mol. The molecule has 0 aliphatic rings. The molecule has 1 aromatic rings. The summed E-state index contributed by atoms with van der Waals surface area (Å²) in [5.74, 6) is 0.484. The van der Waals surface area contributed by atoms with E-state index >= 15 is 0 Å². The van der Waals surface area contributed by atoms with Crippen LogP contribution in [-0.2, 0) is 0 Å². The number of nitrogens with two attached hydrogens (primary N) is 1.